The first-order chi connectivity index (χ1) is 15.4. The molecule has 10 heteroatoms. The van der Waals surface area contributed by atoms with Gasteiger partial charge >= 0.3 is 0 Å². The Balaban J connectivity index is 1.43. The molecule has 1 saturated heterocycles. The summed E-state index contributed by atoms with van der Waals surface area (Å²) in [5.74, 6) is 0.220. The van der Waals surface area contributed by atoms with Gasteiger partial charge in [0.25, 0.3) is 5.91 Å². The molecule has 32 heavy (non-hydrogen) atoms. The highest BCUT2D eigenvalue weighted by molar-refractivity contribution is 7.89. The average Bonchev–Trinajstić information content (AvgIpc) is 3.49. The summed E-state index contributed by atoms with van der Waals surface area (Å²) in [6, 6.07) is 13.6. The molecular formula is C22H23N3O5S2. The molecule has 0 atom stereocenters. The summed E-state index contributed by atoms with van der Waals surface area (Å²) in [4.78, 5) is 16.5. The van der Waals surface area contributed by atoms with Crippen LogP contribution in [0.4, 0.5) is 0 Å². The Morgan fingerprint density at radius 2 is 1.81 bits per heavy atom. The summed E-state index contributed by atoms with van der Waals surface area (Å²) >= 11 is 1.44. The Kier molecular flexibility index (Phi) is 6.73. The van der Waals surface area contributed by atoms with Crippen molar-refractivity contribution >= 4 is 27.3 Å². The molecule has 1 fully saturated rings. The number of carbonyl (C=O) groups is 1. The molecule has 2 aromatic carbocycles. The van der Waals surface area contributed by atoms with Gasteiger partial charge in [-0.25, -0.2) is 13.4 Å². The maximum Gasteiger partial charge on any atom is 0.252 e. The second-order valence-corrected chi connectivity index (χ2v) is 10.1. The van der Waals surface area contributed by atoms with Gasteiger partial charge in [0, 0.05) is 18.5 Å². The van der Waals surface area contributed by atoms with Gasteiger partial charge in [-0.15, -0.1) is 11.3 Å². The van der Waals surface area contributed by atoms with Crippen molar-refractivity contribution < 1.29 is 22.7 Å². The zero-order chi connectivity index (χ0) is 22.6. The van der Waals surface area contributed by atoms with Crippen molar-refractivity contribution in [2.24, 2.45) is 5.73 Å². The van der Waals surface area contributed by atoms with Gasteiger partial charge in [0.2, 0.25) is 10.0 Å². The van der Waals surface area contributed by atoms with Crippen molar-refractivity contribution in [2.75, 3.05) is 13.1 Å². The van der Waals surface area contributed by atoms with E-state index in [1.54, 1.807) is 0 Å². The molecule has 0 bridgehead atoms. The van der Waals surface area contributed by atoms with Crippen molar-refractivity contribution in [3.8, 4) is 11.5 Å². The maximum atomic E-state index is 12.8. The van der Waals surface area contributed by atoms with E-state index in [1.807, 2.05) is 35.7 Å². The predicted molar refractivity (Wildman–Crippen MR) is 120 cm³/mol. The SMILES string of the molecule is NC(=O)c1cc(S(=O)(=O)N2CCCC2)ccc1OCc1csc(COc2ccccc2)n1. The van der Waals surface area contributed by atoms with Crippen LogP contribution in [0, 0.1) is 0 Å². The standard InChI is InChI=1S/C22H23N3O5S2/c23-22(26)19-12-18(32(27,28)25-10-4-5-11-25)8-9-20(19)30-13-16-15-31-21(24-16)14-29-17-6-2-1-3-7-17/h1-3,6-9,12,15H,4-5,10-11,13-14H2,(H2,23,26). The first-order valence-electron chi connectivity index (χ1n) is 10.1. The molecular weight excluding hydrogens is 450 g/mol. The number of hydrogen-bond donors (Lipinski definition) is 1. The molecule has 0 unspecified atom stereocenters. The third-order valence-electron chi connectivity index (χ3n) is 5.00. The van der Waals surface area contributed by atoms with Crippen LogP contribution in [0.5, 0.6) is 11.5 Å². The number of carbonyl (C=O) groups excluding carboxylic acids is 1. The number of rotatable bonds is 9. The number of primary amides is 1. The minimum absolute atomic E-state index is 0.0214. The van der Waals surface area contributed by atoms with Gasteiger partial charge in [0.15, 0.2) is 0 Å². The first kappa shape index (κ1) is 22.3. The lowest BCUT2D eigenvalue weighted by Crippen LogP contribution is -2.28. The molecule has 2 heterocycles. The van der Waals surface area contributed by atoms with Crippen molar-refractivity contribution in [1.29, 1.82) is 0 Å². The molecule has 8 nitrogen and oxygen atoms in total. The number of sulfonamides is 1. The second kappa shape index (κ2) is 9.68. The van der Waals surface area contributed by atoms with Crippen LogP contribution in [0.25, 0.3) is 0 Å². The lowest BCUT2D eigenvalue weighted by atomic mass is 10.2. The van der Waals surface area contributed by atoms with Crippen LogP contribution in [0.1, 0.15) is 33.9 Å². The fraction of sp³-hybridized carbons (Fsp3) is 0.273. The number of amides is 1. The van der Waals surface area contributed by atoms with Crippen LogP contribution in [-0.4, -0.2) is 36.7 Å². The number of para-hydroxylation sites is 1. The Hall–Kier alpha value is -2.95. The van der Waals surface area contributed by atoms with Gasteiger partial charge in [0.1, 0.15) is 29.7 Å². The minimum Gasteiger partial charge on any atom is -0.486 e. The third kappa shape index (κ3) is 5.09. The van der Waals surface area contributed by atoms with E-state index >= 15 is 0 Å². The van der Waals surface area contributed by atoms with Gasteiger partial charge in [-0.05, 0) is 43.2 Å². The summed E-state index contributed by atoms with van der Waals surface area (Å²) in [6.45, 7) is 1.41. The number of benzene rings is 2. The number of nitrogens with two attached hydrogens (primary N) is 1. The van der Waals surface area contributed by atoms with E-state index in [2.05, 4.69) is 4.98 Å². The van der Waals surface area contributed by atoms with E-state index < -0.39 is 15.9 Å². The van der Waals surface area contributed by atoms with Gasteiger partial charge < -0.3 is 15.2 Å². The molecule has 2 N–H and O–H groups in total. The van der Waals surface area contributed by atoms with E-state index in [1.165, 1.54) is 33.8 Å². The molecule has 1 aliphatic rings. The summed E-state index contributed by atoms with van der Waals surface area (Å²) in [6.07, 6.45) is 1.66. The lowest BCUT2D eigenvalue weighted by Gasteiger charge is -2.17. The molecule has 1 amide bonds. The molecule has 168 valence electrons. The molecule has 0 aliphatic carbocycles. The molecule has 4 rings (SSSR count). The minimum atomic E-state index is -3.66. The van der Waals surface area contributed by atoms with E-state index in [-0.39, 0.29) is 22.8 Å². The Morgan fingerprint density at radius 1 is 1.06 bits per heavy atom. The zero-order valence-corrected chi connectivity index (χ0v) is 18.9. The van der Waals surface area contributed by atoms with Gasteiger partial charge in [0.05, 0.1) is 16.2 Å². The maximum absolute atomic E-state index is 12.8. The number of ether oxygens (including phenoxy) is 2. The Labute approximate surface area is 190 Å². The molecule has 3 aromatic rings. The van der Waals surface area contributed by atoms with E-state index in [4.69, 9.17) is 15.2 Å². The molecule has 0 saturated carbocycles. The number of nitrogens with zero attached hydrogens (tertiary/aromatic N) is 2. The highest BCUT2D eigenvalue weighted by atomic mass is 32.2. The van der Waals surface area contributed by atoms with Crippen LogP contribution in [-0.2, 0) is 23.2 Å². The number of aromatic nitrogens is 1. The number of hydrogen-bond acceptors (Lipinski definition) is 7. The van der Waals surface area contributed by atoms with Crippen molar-refractivity contribution in [3.63, 3.8) is 0 Å². The highest BCUT2D eigenvalue weighted by Crippen LogP contribution is 2.27. The van der Waals surface area contributed by atoms with Crippen molar-refractivity contribution in [2.45, 2.75) is 31.0 Å². The average molecular weight is 474 g/mol. The Morgan fingerprint density at radius 3 is 2.53 bits per heavy atom. The van der Waals surface area contributed by atoms with Gasteiger partial charge in [-0.2, -0.15) is 4.31 Å². The van der Waals surface area contributed by atoms with Crippen LogP contribution in [0.3, 0.4) is 0 Å². The summed E-state index contributed by atoms with van der Waals surface area (Å²) in [5, 5.41) is 2.63. The first-order valence-corrected chi connectivity index (χ1v) is 12.4. The topological polar surface area (TPSA) is 112 Å². The van der Waals surface area contributed by atoms with Crippen molar-refractivity contribution in [1.82, 2.24) is 9.29 Å². The molecule has 1 aromatic heterocycles. The highest BCUT2D eigenvalue weighted by Gasteiger charge is 2.28. The normalized spacial score (nSPS) is 14.4. The van der Waals surface area contributed by atoms with Crippen LogP contribution < -0.4 is 15.2 Å². The number of thiazole rings is 1. The smallest absolute Gasteiger partial charge is 0.252 e. The summed E-state index contributed by atoms with van der Waals surface area (Å²) in [7, 11) is -3.66. The second-order valence-electron chi connectivity index (χ2n) is 7.26. The fourth-order valence-corrected chi connectivity index (χ4v) is 5.59. The van der Waals surface area contributed by atoms with Crippen LogP contribution in [0.15, 0.2) is 58.8 Å². The Bertz CT molecular complexity index is 1190. The lowest BCUT2D eigenvalue weighted by molar-refractivity contribution is 0.0995. The molecule has 1 aliphatic heterocycles. The van der Waals surface area contributed by atoms with Gasteiger partial charge in [-0.3, -0.25) is 4.79 Å². The van der Waals surface area contributed by atoms with Crippen LogP contribution in [0.2, 0.25) is 0 Å². The third-order valence-corrected chi connectivity index (χ3v) is 7.77. The summed E-state index contributed by atoms with van der Waals surface area (Å²) < 4.78 is 38.4. The van der Waals surface area contributed by atoms with E-state index in [0.29, 0.717) is 25.4 Å². The predicted octanol–water partition coefficient (Wildman–Crippen LogP) is 3.18. The largest absolute Gasteiger partial charge is 0.486 e. The fourth-order valence-electron chi connectivity index (χ4n) is 3.36. The quantitative estimate of drug-likeness (QED) is 0.511. The van der Waals surface area contributed by atoms with Gasteiger partial charge in [-0.1, -0.05) is 18.2 Å². The monoisotopic (exact) mass is 473 g/mol. The summed E-state index contributed by atoms with van der Waals surface area (Å²) in [5.41, 5.74) is 6.18. The zero-order valence-electron chi connectivity index (χ0n) is 17.3. The molecule has 0 spiro atoms. The van der Waals surface area contributed by atoms with Crippen LogP contribution >= 0.6 is 11.3 Å². The van der Waals surface area contributed by atoms with E-state index in [9.17, 15) is 13.2 Å². The van der Waals surface area contributed by atoms with E-state index in [0.717, 1.165) is 23.6 Å². The van der Waals surface area contributed by atoms with Crippen molar-refractivity contribution in [3.05, 3.63) is 70.2 Å². The molecule has 0 radical (unpaired) electrons.